The van der Waals surface area contributed by atoms with Crippen molar-refractivity contribution in [3.05, 3.63) is 60.3 Å². The van der Waals surface area contributed by atoms with Crippen LogP contribution in [-0.2, 0) is 0 Å². The second-order valence-electron chi connectivity index (χ2n) is 5.14. The molecular weight excluding hydrogens is 274 g/mol. The van der Waals surface area contributed by atoms with Crippen LogP contribution in [0.1, 0.15) is 5.56 Å². The Morgan fingerprint density at radius 2 is 1.82 bits per heavy atom. The molecule has 5 heteroatoms. The van der Waals surface area contributed by atoms with Crippen molar-refractivity contribution in [3.63, 3.8) is 0 Å². The number of nitrogens with zero attached hydrogens (tertiary/aromatic N) is 4. The summed E-state index contributed by atoms with van der Waals surface area (Å²) in [7, 11) is 4.04. The van der Waals surface area contributed by atoms with Gasteiger partial charge in [0.2, 0.25) is 0 Å². The molecule has 0 unspecified atom stereocenters. The number of rotatable bonds is 4. The molecule has 1 N–H and O–H groups in total. The number of fused-ring (bicyclic) bond motifs is 1. The van der Waals surface area contributed by atoms with E-state index in [-0.39, 0.29) is 0 Å². The van der Waals surface area contributed by atoms with E-state index in [0.717, 1.165) is 22.0 Å². The maximum atomic E-state index is 4.25. The molecule has 0 spiro atoms. The number of aromatic nitrogens is 2. The first-order valence-electron chi connectivity index (χ1n) is 7.01. The molecule has 22 heavy (non-hydrogen) atoms. The van der Waals surface area contributed by atoms with Gasteiger partial charge in [-0.1, -0.05) is 36.4 Å². The van der Waals surface area contributed by atoms with Crippen molar-refractivity contribution in [1.82, 2.24) is 10.2 Å². The van der Waals surface area contributed by atoms with Crippen LogP contribution in [-0.4, -0.2) is 30.5 Å². The van der Waals surface area contributed by atoms with Crippen molar-refractivity contribution in [1.29, 1.82) is 0 Å². The molecule has 5 nitrogen and oxygen atoms in total. The number of benzene rings is 2. The zero-order chi connectivity index (χ0) is 15.4. The highest BCUT2D eigenvalue weighted by Crippen LogP contribution is 2.19. The van der Waals surface area contributed by atoms with Crippen LogP contribution in [0.25, 0.3) is 10.8 Å². The minimum Gasteiger partial charge on any atom is -0.378 e. The summed E-state index contributed by atoms with van der Waals surface area (Å²) in [5.41, 5.74) is 5.14. The first kappa shape index (κ1) is 14.0. The van der Waals surface area contributed by atoms with E-state index in [0.29, 0.717) is 5.82 Å². The van der Waals surface area contributed by atoms with Crippen LogP contribution >= 0.6 is 0 Å². The van der Waals surface area contributed by atoms with Crippen molar-refractivity contribution in [2.24, 2.45) is 5.10 Å². The Balaban J connectivity index is 1.76. The first-order valence-corrected chi connectivity index (χ1v) is 7.01. The standard InChI is InChI=1S/C17H17N5/c1-22(2)15-9-7-13(8-10-15)11-18-20-17-16-6-4-3-5-14(16)12-19-21-17/h3-12H,1-2H3,(H,20,21)/b18-11-. The molecule has 2 aromatic carbocycles. The Morgan fingerprint density at radius 3 is 2.59 bits per heavy atom. The van der Waals surface area contributed by atoms with E-state index >= 15 is 0 Å². The molecule has 1 aromatic heterocycles. The minimum atomic E-state index is 0.652. The summed E-state index contributed by atoms with van der Waals surface area (Å²) in [5, 5.41) is 14.3. The van der Waals surface area contributed by atoms with Crippen LogP contribution in [0.15, 0.2) is 59.8 Å². The first-order chi connectivity index (χ1) is 10.7. The summed E-state index contributed by atoms with van der Waals surface area (Å²) in [6.07, 6.45) is 3.51. The molecule has 110 valence electrons. The second-order valence-corrected chi connectivity index (χ2v) is 5.14. The Labute approximate surface area is 129 Å². The van der Waals surface area contributed by atoms with Crippen molar-refractivity contribution in [2.45, 2.75) is 0 Å². The lowest BCUT2D eigenvalue weighted by molar-refractivity contribution is 1.04. The number of anilines is 2. The maximum absolute atomic E-state index is 4.25. The van der Waals surface area contributed by atoms with Gasteiger partial charge < -0.3 is 4.90 Å². The molecule has 0 amide bonds. The molecule has 0 aliphatic carbocycles. The number of hydrogen-bond acceptors (Lipinski definition) is 5. The predicted octanol–water partition coefficient (Wildman–Crippen LogP) is 3.14. The van der Waals surface area contributed by atoms with Gasteiger partial charge in [0.25, 0.3) is 0 Å². The van der Waals surface area contributed by atoms with Crippen LogP contribution in [0.4, 0.5) is 11.5 Å². The zero-order valence-electron chi connectivity index (χ0n) is 12.6. The molecular formula is C17H17N5. The van der Waals surface area contributed by atoms with Gasteiger partial charge in [-0.05, 0) is 17.7 Å². The summed E-state index contributed by atoms with van der Waals surface area (Å²) in [5.74, 6) is 0.652. The van der Waals surface area contributed by atoms with Crippen molar-refractivity contribution in [3.8, 4) is 0 Å². The molecule has 3 rings (SSSR count). The third-order valence-electron chi connectivity index (χ3n) is 3.36. The average Bonchev–Trinajstić information content (AvgIpc) is 2.55. The van der Waals surface area contributed by atoms with E-state index in [1.165, 1.54) is 0 Å². The predicted molar refractivity (Wildman–Crippen MR) is 91.5 cm³/mol. The largest absolute Gasteiger partial charge is 0.378 e. The monoisotopic (exact) mass is 291 g/mol. The van der Waals surface area contributed by atoms with Gasteiger partial charge in [-0.2, -0.15) is 10.2 Å². The fourth-order valence-corrected chi connectivity index (χ4v) is 2.14. The molecule has 0 atom stereocenters. The zero-order valence-corrected chi connectivity index (χ0v) is 12.6. The maximum Gasteiger partial charge on any atom is 0.176 e. The SMILES string of the molecule is CN(C)c1ccc(/C=N\Nc2nncc3ccccc23)cc1. The van der Waals surface area contributed by atoms with Gasteiger partial charge in [0.05, 0.1) is 12.4 Å². The van der Waals surface area contributed by atoms with Crippen LogP contribution < -0.4 is 10.3 Å². The molecule has 0 fully saturated rings. The van der Waals surface area contributed by atoms with Gasteiger partial charge >= 0.3 is 0 Å². The second kappa shape index (κ2) is 6.22. The average molecular weight is 291 g/mol. The van der Waals surface area contributed by atoms with Gasteiger partial charge in [0.15, 0.2) is 5.82 Å². The molecule has 0 aliphatic heterocycles. The molecule has 1 heterocycles. The van der Waals surface area contributed by atoms with Gasteiger partial charge in [-0.3, -0.25) is 5.43 Å². The van der Waals surface area contributed by atoms with E-state index in [9.17, 15) is 0 Å². The molecule has 0 saturated carbocycles. The molecule has 3 aromatic rings. The van der Waals surface area contributed by atoms with Crippen molar-refractivity contribution in [2.75, 3.05) is 24.4 Å². The summed E-state index contributed by atoms with van der Waals surface area (Å²) >= 11 is 0. The third-order valence-corrected chi connectivity index (χ3v) is 3.36. The van der Waals surface area contributed by atoms with E-state index in [1.54, 1.807) is 12.4 Å². The number of hydrazone groups is 1. The lowest BCUT2D eigenvalue weighted by Crippen LogP contribution is -2.08. The van der Waals surface area contributed by atoms with E-state index in [4.69, 9.17) is 0 Å². The summed E-state index contributed by atoms with van der Waals surface area (Å²) in [6.45, 7) is 0. The molecule has 0 radical (unpaired) electrons. The Bertz CT molecular complexity index is 788. The van der Waals surface area contributed by atoms with Gasteiger partial charge in [0.1, 0.15) is 0 Å². The van der Waals surface area contributed by atoms with E-state index in [2.05, 4.69) is 37.8 Å². The molecule has 0 aliphatic rings. The summed E-state index contributed by atoms with van der Waals surface area (Å²) < 4.78 is 0. The van der Waals surface area contributed by atoms with Crippen LogP contribution in [0.2, 0.25) is 0 Å². The third kappa shape index (κ3) is 3.03. The molecule has 0 saturated heterocycles. The van der Waals surface area contributed by atoms with Crippen molar-refractivity contribution >= 4 is 28.5 Å². The quantitative estimate of drug-likeness (QED) is 0.592. The Hall–Kier alpha value is -2.95. The van der Waals surface area contributed by atoms with Gasteiger partial charge in [0, 0.05) is 30.6 Å². The van der Waals surface area contributed by atoms with Gasteiger partial charge in [-0.25, -0.2) is 0 Å². The number of hydrogen-bond donors (Lipinski definition) is 1. The lowest BCUT2D eigenvalue weighted by Gasteiger charge is -2.11. The topological polar surface area (TPSA) is 53.4 Å². The normalized spacial score (nSPS) is 11.0. The minimum absolute atomic E-state index is 0.652. The Kier molecular flexibility index (Phi) is 3.96. The number of nitrogens with one attached hydrogen (secondary N) is 1. The Morgan fingerprint density at radius 1 is 1.05 bits per heavy atom. The van der Waals surface area contributed by atoms with E-state index in [1.807, 2.05) is 50.5 Å². The van der Waals surface area contributed by atoms with Crippen LogP contribution in [0.5, 0.6) is 0 Å². The highest BCUT2D eigenvalue weighted by molar-refractivity contribution is 5.91. The highest BCUT2D eigenvalue weighted by Gasteiger charge is 2.00. The van der Waals surface area contributed by atoms with Crippen LogP contribution in [0, 0.1) is 0 Å². The summed E-state index contributed by atoms with van der Waals surface area (Å²) in [6, 6.07) is 16.1. The van der Waals surface area contributed by atoms with Crippen LogP contribution in [0.3, 0.4) is 0 Å². The fraction of sp³-hybridized carbons (Fsp3) is 0.118. The fourth-order valence-electron chi connectivity index (χ4n) is 2.14. The van der Waals surface area contributed by atoms with Crippen molar-refractivity contribution < 1.29 is 0 Å². The molecule has 0 bridgehead atoms. The highest BCUT2D eigenvalue weighted by atomic mass is 15.3. The smallest absolute Gasteiger partial charge is 0.176 e. The van der Waals surface area contributed by atoms with E-state index < -0.39 is 0 Å². The lowest BCUT2D eigenvalue weighted by atomic mass is 10.2. The van der Waals surface area contributed by atoms with Gasteiger partial charge in [-0.15, -0.1) is 5.10 Å². The summed E-state index contributed by atoms with van der Waals surface area (Å²) in [4.78, 5) is 2.06.